The Hall–Kier alpha value is -0.0800. The molecule has 0 amide bonds. The zero-order valence-electron chi connectivity index (χ0n) is 12.3. The quantitative estimate of drug-likeness (QED) is 0.766. The van der Waals surface area contributed by atoms with Crippen LogP contribution in [-0.2, 0) is 0 Å². The van der Waals surface area contributed by atoms with Gasteiger partial charge in [0.25, 0.3) is 0 Å². The molecule has 1 rings (SSSR count). The molecule has 17 heavy (non-hydrogen) atoms. The molecule has 0 aromatic rings. The van der Waals surface area contributed by atoms with E-state index in [0.29, 0.717) is 12.1 Å². The first-order valence-electron chi connectivity index (χ1n) is 7.61. The van der Waals surface area contributed by atoms with Crippen LogP contribution in [0, 0.1) is 5.92 Å². The predicted molar refractivity (Wildman–Crippen MR) is 76.4 cm³/mol. The minimum absolute atomic E-state index is 0.609. The minimum Gasteiger partial charge on any atom is -0.313 e. The third-order valence-electron chi connectivity index (χ3n) is 4.02. The lowest BCUT2D eigenvalue weighted by molar-refractivity contribution is 0.206. The lowest BCUT2D eigenvalue weighted by Crippen LogP contribution is -2.42. The van der Waals surface area contributed by atoms with Gasteiger partial charge in [0.05, 0.1) is 0 Å². The standard InChI is InChI=1S/C15H32N2/c1-5-7-15-8-6-10-17(11-9-15)14(4)12-16-13(2)3/h13-16H,5-12H2,1-4H3. The van der Waals surface area contributed by atoms with E-state index in [-0.39, 0.29) is 0 Å². The molecule has 2 unspecified atom stereocenters. The fourth-order valence-corrected chi connectivity index (χ4v) is 2.86. The first-order chi connectivity index (χ1) is 8.13. The Kier molecular flexibility index (Phi) is 7.14. The second kappa shape index (κ2) is 8.10. The summed E-state index contributed by atoms with van der Waals surface area (Å²) in [5.74, 6) is 0.996. The molecular weight excluding hydrogens is 208 g/mol. The minimum atomic E-state index is 0.609. The third kappa shape index (κ3) is 5.87. The first kappa shape index (κ1) is 15.0. The molecule has 1 heterocycles. The van der Waals surface area contributed by atoms with Crippen molar-refractivity contribution in [3.63, 3.8) is 0 Å². The molecule has 102 valence electrons. The summed E-state index contributed by atoms with van der Waals surface area (Å²) >= 11 is 0. The van der Waals surface area contributed by atoms with Gasteiger partial charge in [0.15, 0.2) is 0 Å². The Balaban J connectivity index is 2.29. The number of hydrogen-bond acceptors (Lipinski definition) is 2. The normalized spacial score (nSPS) is 24.9. The Morgan fingerprint density at radius 1 is 1.18 bits per heavy atom. The molecule has 1 N–H and O–H groups in total. The van der Waals surface area contributed by atoms with Crippen molar-refractivity contribution in [1.82, 2.24) is 10.2 Å². The highest BCUT2D eigenvalue weighted by Gasteiger charge is 2.19. The molecule has 0 spiro atoms. The van der Waals surface area contributed by atoms with Gasteiger partial charge in [-0.2, -0.15) is 0 Å². The summed E-state index contributed by atoms with van der Waals surface area (Å²) in [6.45, 7) is 12.9. The van der Waals surface area contributed by atoms with Gasteiger partial charge in [0.2, 0.25) is 0 Å². The largest absolute Gasteiger partial charge is 0.313 e. The molecule has 2 nitrogen and oxygen atoms in total. The van der Waals surface area contributed by atoms with E-state index in [0.717, 1.165) is 12.5 Å². The zero-order chi connectivity index (χ0) is 12.7. The lowest BCUT2D eigenvalue weighted by atomic mass is 9.96. The van der Waals surface area contributed by atoms with Crippen molar-refractivity contribution in [2.75, 3.05) is 19.6 Å². The van der Waals surface area contributed by atoms with Crippen LogP contribution in [0.5, 0.6) is 0 Å². The fraction of sp³-hybridized carbons (Fsp3) is 1.00. The van der Waals surface area contributed by atoms with E-state index in [2.05, 4.69) is 37.9 Å². The molecule has 0 radical (unpaired) electrons. The van der Waals surface area contributed by atoms with E-state index >= 15 is 0 Å². The van der Waals surface area contributed by atoms with Gasteiger partial charge in [-0.05, 0) is 45.2 Å². The third-order valence-corrected chi connectivity index (χ3v) is 4.02. The Morgan fingerprint density at radius 3 is 2.59 bits per heavy atom. The number of nitrogens with zero attached hydrogens (tertiary/aromatic N) is 1. The molecule has 0 saturated carbocycles. The van der Waals surface area contributed by atoms with Crippen molar-refractivity contribution in [3.05, 3.63) is 0 Å². The first-order valence-corrected chi connectivity index (χ1v) is 7.61. The van der Waals surface area contributed by atoms with Crippen molar-refractivity contribution < 1.29 is 0 Å². The van der Waals surface area contributed by atoms with Crippen LogP contribution in [0.4, 0.5) is 0 Å². The van der Waals surface area contributed by atoms with Crippen LogP contribution in [-0.4, -0.2) is 36.6 Å². The summed E-state index contributed by atoms with van der Waals surface area (Å²) < 4.78 is 0. The van der Waals surface area contributed by atoms with Crippen LogP contribution in [0.25, 0.3) is 0 Å². The molecule has 2 heteroatoms. The smallest absolute Gasteiger partial charge is 0.0192 e. The van der Waals surface area contributed by atoms with E-state index in [9.17, 15) is 0 Å². The van der Waals surface area contributed by atoms with Crippen LogP contribution in [0.3, 0.4) is 0 Å². The average Bonchev–Trinajstić information content (AvgIpc) is 2.52. The number of hydrogen-bond donors (Lipinski definition) is 1. The fourth-order valence-electron chi connectivity index (χ4n) is 2.86. The van der Waals surface area contributed by atoms with Gasteiger partial charge in [-0.3, -0.25) is 4.90 Å². The maximum atomic E-state index is 3.56. The molecule has 1 aliphatic rings. The Morgan fingerprint density at radius 2 is 1.94 bits per heavy atom. The van der Waals surface area contributed by atoms with Gasteiger partial charge in [-0.15, -0.1) is 0 Å². The molecule has 1 saturated heterocycles. The van der Waals surface area contributed by atoms with Crippen molar-refractivity contribution >= 4 is 0 Å². The molecule has 0 aliphatic carbocycles. The van der Waals surface area contributed by atoms with E-state index in [1.54, 1.807) is 0 Å². The van der Waals surface area contributed by atoms with Gasteiger partial charge in [0, 0.05) is 18.6 Å². The van der Waals surface area contributed by atoms with Crippen LogP contribution >= 0.6 is 0 Å². The second-order valence-corrected chi connectivity index (χ2v) is 6.03. The summed E-state index contributed by atoms with van der Waals surface area (Å²) in [7, 11) is 0. The van der Waals surface area contributed by atoms with E-state index in [1.807, 2.05) is 0 Å². The molecule has 1 fully saturated rings. The van der Waals surface area contributed by atoms with Crippen molar-refractivity contribution in [3.8, 4) is 0 Å². The average molecular weight is 240 g/mol. The maximum absolute atomic E-state index is 3.56. The molecule has 0 aromatic carbocycles. The molecular formula is C15H32N2. The second-order valence-electron chi connectivity index (χ2n) is 6.03. The van der Waals surface area contributed by atoms with Crippen LogP contribution in [0.15, 0.2) is 0 Å². The van der Waals surface area contributed by atoms with Gasteiger partial charge < -0.3 is 5.32 Å². The highest BCUT2D eigenvalue weighted by molar-refractivity contribution is 4.76. The van der Waals surface area contributed by atoms with Crippen LogP contribution in [0.1, 0.15) is 59.8 Å². The lowest BCUT2D eigenvalue weighted by Gasteiger charge is -2.28. The number of rotatable bonds is 6. The molecule has 2 atom stereocenters. The van der Waals surface area contributed by atoms with E-state index in [4.69, 9.17) is 0 Å². The highest BCUT2D eigenvalue weighted by atomic mass is 15.2. The Bertz CT molecular complexity index is 191. The highest BCUT2D eigenvalue weighted by Crippen LogP contribution is 2.22. The molecule has 0 aromatic heterocycles. The van der Waals surface area contributed by atoms with Crippen molar-refractivity contribution in [2.24, 2.45) is 5.92 Å². The number of nitrogens with one attached hydrogen (secondary N) is 1. The monoisotopic (exact) mass is 240 g/mol. The van der Waals surface area contributed by atoms with Gasteiger partial charge in [0.1, 0.15) is 0 Å². The summed E-state index contributed by atoms with van der Waals surface area (Å²) in [5.41, 5.74) is 0. The Labute approximate surface area is 108 Å². The van der Waals surface area contributed by atoms with E-state index in [1.165, 1.54) is 45.2 Å². The van der Waals surface area contributed by atoms with Gasteiger partial charge in [-0.1, -0.05) is 33.6 Å². The topological polar surface area (TPSA) is 15.3 Å². The SMILES string of the molecule is CCCC1CCCN(C(C)CNC(C)C)CC1. The zero-order valence-corrected chi connectivity index (χ0v) is 12.3. The van der Waals surface area contributed by atoms with Crippen LogP contribution in [0.2, 0.25) is 0 Å². The van der Waals surface area contributed by atoms with Crippen molar-refractivity contribution in [1.29, 1.82) is 0 Å². The van der Waals surface area contributed by atoms with Gasteiger partial charge >= 0.3 is 0 Å². The number of likely N-dealkylation sites (tertiary alicyclic amines) is 1. The molecule has 1 aliphatic heterocycles. The molecule has 0 bridgehead atoms. The van der Waals surface area contributed by atoms with E-state index < -0.39 is 0 Å². The maximum Gasteiger partial charge on any atom is 0.0192 e. The summed E-state index contributed by atoms with van der Waals surface area (Å²) in [6.07, 6.45) is 7.06. The summed E-state index contributed by atoms with van der Waals surface area (Å²) in [4.78, 5) is 2.69. The van der Waals surface area contributed by atoms with Crippen molar-refractivity contribution in [2.45, 2.75) is 71.9 Å². The summed E-state index contributed by atoms with van der Waals surface area (Å²) in [6, 6.07) is 1.30. The van der Waals surface area contributed by atoms with Gasteiger partial charge in [-0.25, -0.2) is 0 Å². The van der Waals surface area contributed by atoms with Crippen LogP contribution < -0.4 is 5.32 Å². The predicted octanol–water partition coefficient (Wildman–Crippen LogP) is 3.28. The summed E-state index contributed by atoms with van der Waals surface area (Å²) in [5, 5.41) is 3.56.